The molecule has 1 saturated heterocycles. The van der Waals surface area contributed by atoms with Crippen molar-refractivity contribution in [1.82, 2.24) is 0 Å². The normalized spacial score (nSPS) is 18.6. The third kappa shape index (κ3) is 2.74. The zero-order valence-electron chi connectivity index (χ0n) is 10.1. The Morgan fingerprint density at radius 1 is 1.00 bits per heavy atom. The van der Waals surface area contributed by atoms with Crippen LogP contribution in [0.3, 0.4) is 0 Å². The second kappa shape index (κ2) is 5.55. The fourth-order valence-corrected chi connectivity index (χ4v) is 3.78. The van der Waals surface area contributed by atoms with Gasteiger partial charge in [0.1, 0.15) is 0 Å². The van der Waals surface area contributed by atoms with E-state index in [-0.39, 0.29) is 0 Å². The summed E-state index contributed by atoms with van der Waals surface area (Å²) in [5.74, 6) is 0. The van der Waals surface area contributed by atoms with E-state index in [1.807, 2.05) is 0 Å². The van der Waals surface area contributed by atoms with Gasteiger partial charge in [-0.25, -0.2) is 0 Å². The average Bonchev–Trinajstić information content (AvgIpc) is 2.67. The van der Waals surface area contributed by atoms with Crippen LogP contribution in [0.5, 0.6) is 0 Å². The average molecular weight is 304 g/mol. The van der Waals surface area contributed by atoms with Crippen LogP contribution in [0.1, 0.15) is 12.8 Å². The predicted octanol–water partition coefficient (Wildman–Crippen LogP) is 3.76. The van der Waals surface area contributed by atoms with Gasteiger partial charge in [0.15, 0.2) is 0 Å². The van der Waals surface area contributed by atoms with Gasteiger partial charge in [-0.1, -0.05) is 0 Å². The second-order valence-electron chi connectivity index (χ2n) is 4.31. The molecule has 0 saturated carbocycles. The zero-order valence-corrected chi connectivity index (χ0v) is 11.8. The van der Waals surface area contributed by atoms with E-state index in [0.29, 0.717) is 15.0 Å². The molecule has 2 aromatic carbocycles. The fraction of sp³-hybridized carbons (Fsp3) is 0.267. The van der Waals surface area contributed by atoms with E-state index in [4.69, 9.17) is 4.74 Å². The first-order valence-corrected chi connectivity index (χ1v) is 8.32. The molecule has 0 bridgehead atoms. The molecule has 1 heterocycles. The summed E-state index contributed by atoms with van der Waals surface area (Å²) in [6.45, 7) is 0.828. The predicted molar refractivity (Wildman–Crippen MR) is 76.8 cm³/mol. The maximum absolute atomic E-state index is 5.70. The Balaban J connectivity index is 1.91. The zero-order chi connectivity index (χ0) is 12.2. The van der Waals surface area contributed by atoms with Crippen LogP contribution < -0.4 is 0 Å². The molecule has 1 aliphatic heterocycles. The van der Waals surface area contributed by atoms with Gasteiger partial charge in [-0.05, 0) is 0 Å². The summed E-state index contributed by atoms with van der Waals surface area (Å²) >= 11 is 0.405. The van der Waals surface area contributed by atoms with Crippen molar-refractivity contribution in [2.75, 3.05) is 6.61 Å². The number of fused-ring (bicyclic) bond motifs is 1. The van der Waals surface area contributed by atoms with Crippen LogP contribution in [0.25, 0.3) is 10.8 Å². The Morgan fingerprint density at radius 3 is 2.83 bits per heavy atom. The van der Waals surface area contributed by atoms with E-state index >= 15 is 0 Å². The third-order valence-corrected chi connectivity index (χ3v) is 4.93. The SMILES string of the molecule is c1ccc2cc(N=C3OCCCC[Se]3)ccc2c1. The van der Waals surface area contributed by atoms with Gasteiger partial charge in [0.05, 0.1) is 0 Å². The van der Waals surface area contributed by atoms with Crippen LogP contribution >= 0.6 is 0 Å². The van der Waals surface area contributed by atoms with Crippen LogP contribution in [-0.4, -0.2) is 26.4 Å². The van der Waals surface area contributed by atoms with Crippen molar-refractivity contribution < 1.29 is 4.74 Å². The van der Waals surface area contributed by atoms with E-state index in [0.717, 1.165) is 17.1 Å². The van der Waals surface area contributed by atoms with Crippen LogP contribution in [0.2, 0.25) is 5.32 Å². The molecule has 3 heteroatoms. The minimum absolute atomic E-state index is 0.405. The van der Waals surface area contributed by atoms with Crippen molar-refractivity contribution in [3.05, 3.63) is 42.5 Å². The monoisotopic (exact) mass is 305 g/mol. The van der Waals surface area contributed by atoms with Gasteiger partial charge in [-0.2, -0.15) is 0 Å². The Morgan fingerprint density at radius 2 is 1.89 bits per heavy atom. The van der Waals surface area contributed by atoms with Crippen LogP contribution in [0.4, 0.5) is 5.69 Å². The van der Waals surface area contributed by atoms with Gasteiger partial charge in [0, 0.05) is 0 Å². The maximum atomic E-state index is 5.70. The van der Waals surface area contributed by atoms with E-state index in [1.54, 1.807) is 0 Å². The van der Waals surface area contributed by atoms with E-state index in [9.17, 15) is 0 Å². The van der Waals surface area contributed by atoms with Crippen LogP contribution in [0, 0.1) is 0 Å². The number of aliphatic imine (C=N–C) groups is 1. The number of hydrogen-bond acceptors (Lipinski definition) is 2. The molecule has 2 aromatic rings. The van der Waals surface area contributed by atoms with Crippen molar-refractivity contribution in [3.63, 3.8) is 0 Å². The standard InChI is InChI=1S/C15H15NOSe/c1-2-6-13-11-14(8-7-12(13)5-1)16-15-17-9-3-4-10-18-15/h1-2,5-8,11H,3-4,9-10H2. The number of nitrogens with zero attached hydrogens (tertiary/aromatic N) is 1. The summed E-state index contributed by atoms with van der Waals surface area (Å²) in [4.78, 5) is 5.60. The molecule has 0 spiro atoms. The Labute approximate surface area is 113 Å². The summed E-state index contributed by atoms with van der Waals surface area (Å²) in [6, 6.07) is 14.7. The van der Waals surface area contributed by atoms with E-state index < -0.39 is 0 Å². The summed E-state index contributed by atoms with van der Waals surface area (Å²) in [5, 5.41) is 3.74. The molecule has 0 radical (unpaired) electrons. The summed E-state index contributed by atoms with van der Waals surface area (Å²) in [5.41, 5.74) is 1.01. The van der Waals surface area contributed by atoms with Crippen LogP contribution in [-0.2, 0) is 4.74 Å². The molecule has 0 aromatic heterocycles. The van der Waals surface area contributed by atoms with Gasteiger partial charge < -0.3 is 0 Å². The third-order valence-electron chi connectivity index (χ3n) is 2.94. The van der Waals surface area contributed by atoms with Crippen LogP contribution in [0.15, 0.2) is 47.5 Å². The quantitative estimate of drug-likeness (QED) is 0.735. The minimum atomic E-state index is 0.405. The molecule has 18 heavy (non-hydrogen) atoms. The molecule has 0 N–H and O–H groups in total. The van der Waals surface area contributed by atoms with Gasteiger partial charge in [0.2, 0.25) is 0 Å². The first-order chi connectivity index (χ1) is 8.92. The molecule has 0 unspecified atom stereocenters. The number of hydrogen-bond donors (Lipinski definition) is 0. The Hall–Kier alpha value is -1.31. The number of ether oxygens (including phenoxy) is 1. The molecule has 1 aliphatic rings. The first-order valence-electron chi connectivity index (χ1n) is 6.25. The van der Waals surface area contributed by atoms with Gasteiger partial charge >= 0.3 is 113 Å². The van der Waals surface area contributed by atoms with Crippen molar-refractivity contribution >= 4 is 36.2 Å². The second-order valence-corrected chi connectivity index (χ2v) is 6.51. The molecule has 0 amide bonds. The Kier molecular flexibility index (Phi) is 3.63. The van der Waals surface area contributed by atoms with Crippen molar-refractivity contribution in [2.45, 2.75) is 18.2 Å². The molecule has 0 aliphatic carbocycles. The topological polar surface area (TPSA) is 21.6 Å². The van der Waals surface area contributed by atoms with Crippen molar-refractivity contribution in [3.8, 4) is 0 Å². The molecular weight excluding hydrogens is 289 g/mol. The van der Waals surface area contributed by atoms with Crippen molar-refractivity contribution in [2.24, 2.45) is 4.99 Å². The van der Waals surface area contributed by atoms with Crippen molar-refractivity contribution in [1.29, 1.82) is 0 Å². The molecule has 0 atom stereocenters. The van der Waals surface area contributed by atoms with E-state index in [1.165, 1.54) is 28.9 Å². The van der Waals surface area contributed by atoms with Gasteiger partial charge in [0.25, 0.3) is 0 Å². The number of rotatable bonds is 1. The summed E-state index contributed by atoms with van der Waals surface area (Å²) in [7, 11) is 0. The molecule has 92 valence electrons. The first kappa shape index (κ1) is 11.8. The van der Waals surface area contributed by atoms with E-state index in [2.05, 4.69) is 47.5 Å². The summed E-state index contributed by atoms with van der Waals surface area (Å²) in [6.07, 6.45) is 2.44. The molecular formula is C15H15NOSe. The molecule has 2 nitrogen and oxygen atoms in total. The number of benzene rings is 2. The molecule has 3 rings (SSSR count). The fourth-order valence-electron chi connectivity index (χ4n) is 1.98. The summed E-state index contributed by atoms with van der Waals surface area (Å²) < 4.78 is 5.70. The van der Waals surface area contributed by atoms with Gasteiger partial charge in [-0.3, -0.25) is 0 Å². The van der Waals surface area contributed by atoms with Gasteiger partial charge in [-0.15, -0.1) is 0 Å². The Bertz CT molecular complexity index is 569. The molecule has 1 fully saturated rings.